The summed E-state index contributed by atoms with van der Waals surface area (Å²) in [7, 11) is 0. The van der Waals surface area contributed by atoms with Crippen LogP contribution in [0.25, 0.3) is 11.4 Å². The fraction of sp³-hybridized carbons (Fsp3) is 0.364. The van der Waals surface area contributed by atoms with E-state index >= 15 is 0 Å². The van der Waals surface area contributed by atoms with Gasteiger partial charge in [0, 0.05) is 56.4 Å². The molecule has 4 rings (SSSR count). The molecule has 1 atom stereocenters. The third-order valence-electron chi connectivity index (χ3n) is 5.31. The molecule has 7 nitrogen and oxygen atoms in total. The second-order valence-corrected chi connectivity index (χ2v) is 8.50. The van der Waals surface area contributed by atoms with Crippen LogP contribution in [0.15, 0.2) is 60.0 Å². The first-order chi connectivity index (χ1) is 14.7. The lowest BCUT2D eigenvalue weighted by molar-refractivity contribution is -0.130. The van der Waals surface area contributed by atoms with Crippen LogP contribution in [-0.2, 0) is 11.3 Å². The quantitative estimate of drug-likeness (QED) is 0.569. The number of pyridine rings is 1. The summed E-state index contributed by atoms with van der Waals surface area (Å²) >= 11 is 1.48. The van der Waals surface area contributed by atoms with Crippen LogP contribution in [0.3, 0.4) is 0 Å². The monoisotopic (exact) mass is 422 g/mol. The van der Waals surface area contributed by atoms with Gasteiger partial charge >= 0.3 is 0 Å². The molecule has 1 fully saturated rings. The summed E-state index contributed by atoms with van der Waals surface area (Å²) in [4.78, 5) is 21.4. The zero-order valence-electron chi connectivity index (χ0n) is 17.3. The van der Waals surface area contributed by atoms with Crippen molar-refractivity contribution in [2.75, 3.05) is 31.1 Å². The predicted octanol–water partition coefficient (Wildman–Crippen LogP) is 3.19. The van der Waals surface area contributed by atoms with Crippen LogP contribution in [0.1, 0.15) is 13.8 Å². The van der Waals surface area contributed by atoms with Crippen LogP contribution in [0.4, 0.5) is 5.69 Å². The summed E-state index contributed by atoms with van der Waals surface area (Å²) in [6, 6.07) is 14.2. The molecule has 0 spiro atoms. The Morgan fingerprint density at radius 2 is 1.73 bits per heavy atom. The highest BCUT2D eigenvalue weighted by Crippen LogP contribution is 2.28. The van der Waals surface area contributed by atoms with Crippen LogP contribution in [0.5, 0.6) is 0 Å². The molecule has 0 unspecified atom stereocenters. The van der Waals surface area contributed by atoms with E-state index in [0.717, 1.165) is 49.3 Å². The first-order valence-electron chi connectivity index (χ1n) is 10.3. The fourth-order valence-electron chi connectivity index (χ4n) is 3.66. The molecule has 0 saturated carbocycles. The van der Waals surface area contributed by atoms with Gasteiger partial charge in [-0.3, -0.25) is 9.78 Å². The molecule has 0 aliphatic carbocycles. The Balaban J connectivity index is 1.39. The molecule has 30 heavy (non-hydrogen) atoms. The Morgan fingerprint density at radius 1 is 1.03 bits per heavy atom. The van der Waals surface area contributed by atoms with E-state index in [1.54, 1.807) is 12.4 Å². The molecule has 1 saturated heterocycles. The van der Waals surface area contributed by atoms with E-state index in [1.807, 2.05) is 30.0 Å². The lowest BCUT2D eigenvalue weighted by Gasteiger charge is -2.37. The first kappa shape index (κ1) is 20.4. The Hall–Kier alpha value is -2.87. The molecule has 1 aliphatic heterocycles. The van der Waals surface area contributed by atoms with Gasteiger partial charge in [-0.15, -0.1) is 10.2 Å². The second kappa shape index (κ2) is 9.30. The zero-order chi connectivity index (χ0) is 20.9. The number of anilines is 1. The second-order valence-electron chi connectivity index (χ2n) is 7.19. The van der Waals surface area contributed by atoms with Gasteiger partial charge in [-0.2, -0.15) is 0 Å². The third kappa shape index (κ3) is 4.33. The van der Waals surface area contributed by atoms with Crippen LogP contribution < -0.4 is 4.90 Å². The summed E-state index contributed by atoms with van der Waals surface area (Å²) in [5.41, 5.74) is 2.19. The predicted molar refractivity (Wildman–Crippen MR) is 119 cm³/mol. The summed E-state index contributed by atoms with van der Waals surface area (Å²) in [6.45, 7) is 7.94. The Labute approximate surface area is 181 Å². The summed E-state index contributed by atoms with van der Waals surface area (Å²) < 4.78 is 2.05. The summed E-state index contributed by atoms with van der Waals surface area (Å²) in [5, 5.41) is 9.27. The minimum atomic E-state index is -0.215. The van der Waals surface area contributed by atoms with Gasteiger partial charge in [0.2, 0.25) is 5.91 Å². The molecule has 156 valence electrons. The molecular weight excluding hydrogens is 396 g/mol. The number of aromatic nitrogens is 4. The van der Waals surface area contributed by atoms with Gasteiger partial charge in [0.15, 0.2) is 11.0 Å². The number of carbonyl (C=O) groups excluding carboxylic acids is 1. The number of hydrogen-bond donors (Lipinski definition) is 0. The van der Waals surface area contributed by atoms with Crippen molar-refractivity contribution >= 4 is 23.4 Å². The minimum absolute atomic E-state index is 0.156. The average molecular weight is 423 g/mol. The molecule has 0 radical (unpaired) electrons. The van der Waals surface area contributed by atoms with Gasteiger partial charge in [0.05, 0.1) is 5.25 Å². The van der Waals surface area contributed by atoms with E-state index in [4.69, 9.17) is 0 Å². The smallest absolute Gasteiger partial charge is 0.236 e. The zero-order valence-corrected chi connectivity index (χ0v) is 18.1. The number of amides is 1. The van der Waals surface area contributed by atoms with Crippen LogP contribution in [0.2, 0.25) is 0 Å². The van der Waals surface area contributed by atoms with Crippen molar-refractivity contribution < 1.29 is 4.79 Å². The molecule has 1 amide bonds. The average Bonchev–Trinajstić information content (AvgIpc) is 3.22. The van der Waals surface area contributed by atoms with Crippen molar-refractivity contribution in [3.05, 3.63) is 54.9 Å². The number of benzene rings is 1. The van der Waals surface area contributed by atoms with Crippen molar-refractivity contribution in [1.82, 2.24) is 24.6 Å². The molecule has 3 heterocycles. The minimum Gasteiger partial charge on any atom is -0.368 e. The van der Waals surface area contributed by atoms with E-state index in [2.05, 4.69) is 55.8 Å². The van der Waals surface area contributed by atoms with Crippen molar-refractivity contribution in [1.29, 1.82) is 0 Å². The van der Waals surface area contributed by atoms with E-state index in [-0.39, 0.29) is 11.2 Å². The molecule has 0 N–H and O–H groups in total. The summed E-state index contributed by atoms with van der Waals surface area (Å²) in [5.74, 6) is 0.961. The Bertz CT molecular complexity index is 970. The van der Waals surface area contributed by atoms with Gasteiger partial charge in [0.25, 0.3) is 0 Å². The maximum absolute atomic E-state index is 13.0. The molecule has 3 aromatic rings. The lowest BCUT2D eigenvalue weighted by Crippen LogP contribution is -2.50. The van der Waals surface area contributed by atoms with Gasteiger partial charge in [-0.1, -0.05) is 30.0 Å². The topological polar surface area (TPSA) is 67.2 Å². The van der Waals surface area contributed by atoms with Crippen LogP contribution in [0, 0.1) is 0 Å². The van der Waals surface area contributed by atoms with Gasteiger partial charge in [-0.25, -0.2) is 0 Å². The fourth-order valence-corrected chi connectivity index (χ4v) is 4.66. The Morgan fingerprint density at radius 3 is 2.40 bits per heavy atom. The maximum Gasteiger partial charge on any atom is 0.236 e. The van der Waals surface area contributed by atoms with E-state index < -0.39 is 0 Å². The normalized spacial score (nSPS) is 15.3. The molecule has 1 aliphatic rings. The summed E-state index contributed by atoms with van der Waals surface area (Å²) in [6.07, 6.45) is 3.50. The standard InChI is InChI=1S/C22H26N6OS/c1-3-28-20(18-9-11-23-12-10-18)24-25-22(28)30-17(2)21(29)27-15-13-26(14-16-27)19-7-5-4-6-8-19/h4-12,17H,3,13-16H2,1-2H3/t17-/m1/s1. The molecule has 2 aromatic heterocycles. The number of rotatable bonds is 6. The van der Waals surface area contributed by atoms with Gasteiger partial charge < -0.3 is 14.4 Å². The van der Waals surface area contributed by atoms with Crippen LogP contribution >= 0.6 is 11.8 Å². The molecule has 8 heteroatoms. The highest BCUT2D eigenvalue weighted by molar-refractivity contribution is 8.00. The number of thioether (sulfide) groups is 1. The first-order valence-corrected chi connectivity index (χ1v) is 11.1. The van der Waals surface area contributed by atoms with E-state index in [9.17, 15) is 4.79 Å². The third-order valence-corrected chi connectivity index (χ3v) is 6.38. The number of nitrogens with zero attached hydrogens (tertiary/aromatic N) is 6. The largest absolute Gasteiger partial charge is 0.368 e. The molecule has 1 aromatic carbocycles. The lowest BCUT2D eigenvalue weighted by atomic mass is 10.2. The number of para-hydroxylation sites is 1. The maximum atomic E-state index is 13.0. The number of hydrogen-bond acceptors (Lipinski definition) is 6. The highest BCUT2D eigenvalue weighted by Gasteiger charge is 2.27. The number of carbonyl (C=O) groups is 1. The Kier molecular flexibility index (Phi) is 6.32. The van der Waals surface area contributed by atoms with Gasteiger partial charge in [0.1, 0.15) is 0 Å². The van der Waals surface area contributed by atoms with Crippen molar-refractivity contribution in [3.63, 3.8) is 0 Å². The number of piperazine rings is 1. The van der Waals surface area contributed by atoms with Gasteiger partial charge in [-0.05, 0) is 38.1 Å². The molecule has 0 bridgehead atoms. The van der Waals surface area contributed by atoms with Crippen molar-refractivity contribution in [2.45, 2.75) is 30.8 Å². The van der Waals surface area contributed by atoms with E-state index in [0.29, 0.717) is 0 Å². The van der Waals surface area contributed by atoms with Crippen LogP contribution in [-0.4, -0.2) is 62.0 Å². The molecular formula is C22H26N6OS. The highest BCUT2D eigenvalue weighted by atomic mass is 32.2. The van der Waals surface area contributed by atoms with E-state index in [1.165, 1.54) is 17.4 Å². The van der Waals surface area contributed by atoms with Crippen molar-refractivity contribution in [2.24, 2.45) is 0 Å². The van der Waals surface area contributed by atoms with Crippen molar-refractivity contribution in [3.8, 4) is 11.4 Å². The SMILES string of the molecule is CCn1c(S[C@H](C)C(=O)N2CCN(c3ccccc3)CC2)nnc1-c1ccncc1.